The molecule has 0 spiro atoms. The zero-order chi connectivity index (χ0) is 21.8. The molecule has 2 heterocycles. The molecule has 5 aromatic rings. The van der Waals surface area contributed by atoms with Crippen LogP contribution in [0.4, 0.5) is 0 Å². The van der Waals surface area contributed by atoms with Crippen LogP contribution >= 0.6 is 7.14 Å². The lowest BCUT2D eigenvalue weighted by Gasteiger charge is -2.20. The Balaban J connectivity index is 1.59. The SMILES string of the molecule is O=P(c1ccccc1)(c1ccc(-c2ccncc2)cc1)c1ccc(-c2ccccn2)cc1. The summed E-state index contributed by atoms with van der Waals surface area (Å²) in [5.41, 5.74) is 4.05. The van der Waals surface area contributed by atoms with Gasteiger partial charge in [-0.2, -0.15) is 0 Å². The molecule has 0 radical (unpaired) electrons. The summed E-state index contributed by atoms with van der Waals surface area (Å²) in [7, 11) is -3.03. The van der Waals surface area contributed by atoms with Gasteiger partial charge in [0.15, 0.2) is 7.14 Å². The van der Waals surface area contributed by atoms with Crippen molar-refractivity contribution >= 4 is 23.1 Å². The number of aromatic nitrogens is 2. The van der Waals surface area contributed by atoms with E-state index in [1.54, 1.807) is 18.6 Å². The van der Waals surface area contributed by atoms with E-state index in [1.165, 1.54) is 0 Å². The number of benzene rings is 3. The average molecular weight is 432 g/mol. The predicted molar refractivity (Wildman–Crippen MR) is 132 cm³/mol. The van der Waals surface area contributed by atoms with E-state index in [-0.39, 0.29) is 0 Å². The van der Waals surface area contributed by atoms with E-state index in [0.29, 0.717) is 0 Å². The minimum atomic E-state index is -3.03. The fraction of sp³-hybridized carbons (Fsp3) is 0. The lowest BCUT2D eigenvalue weighted by molar-refractivity contribution is 0.592. The number of nitrogens with zero attached hydrogens (tertiary/aromatic N) is 2. The third-order valence-corrected chi connectivity index (χ3v) is 8.63. The normalized spacial score (nSPS) is 12.8. The fourth-order valence-corrected chi connectivity index (χ4v) is 6.49. The van der Waals surface area contributed by atoms with E-state index >= 15 is 0 Å². The minimum Gasteiger partial charge on any atom is -0.309 e. The molecule has 0 N–H and O–H groups in total. The lowest BCUT2D eigenvalue weighted by atomic mass is 10.1. The maximum Gasteiger partial charge on any atom is 0.171 e. The van der Waals surface area contributed by atoms with E-state index in [2.05, 4.69) is 9.97 Å². The van der Waals surface area contributed by atoms with Crippen LogP contribution in [0.25, 0.3) is 22.4 Å². The van der Waals surface area contributed by atoms with Gasteiger partial charge in [0.1, 0.15) is 0 Å². The maximum atomic E-state index is 14.7. The molecule has 4 heteroatoms. The van der Waals surface area contributed by atoms with Crippen molar-refractivity contribution in [1.82, 2.24) is 9.97 Å². The Morgan fingerprint density at radius 2 is 1.00 bits per heavy atom. The van der Waals surface area contributed by atoms with Crippen LogP contribution in [-0.4, -0.2) is 9.97 Å². The molecule has 0 amide bonds. The smallest absolute Gasteiger partial charge is 0.171 e. The predicted octanol–water partition coefficient (Wildman–Crippen LogP) is 5.45. The Hall–Kier alpha value is -3.81. The second kappa shape index (κ2) is 8.74. The summed E-state index contributed by atoms with van der Waals surface area (Å²) in [5.74, 6) is 0. The average Bonchev–Trinajstić information content (AvgIpc) is 2.90. The highest BCUT2D eigenvalue weighted by Gasteiger charge is 2.29. The van der Waals surface area contributed by atoms with Crippen LogP contribution < -0.4 is 15.9 Å². The quantitative estimate of drug-likeness (QED) is 0.347. The second-order valence-electron chi connectivity index (χ2n) is 7.49. The van der Waals surface area contributed by atoms with Crippen LogP contribution in [0.1, 0.15) is 0 Å². The van der Waals surface area contributed by atoms with Crippen LogP contribution in [0.5, 0.6) is 0 Å². The lowest BCUT2D eigenvalue weighted by Crippen LogP contribution is -2.24. The fourth-order valence-electron chi connectivity index (χ4n) is 3.87. The molecule has 0 saturated carbocycles. The van der Waals surface area contributed by atoms with Gasteiger partial charge in [0.2, 0.25) is 0 Å². The summed E-state index contributed by atoms with van der Waals surface area (Å²) in [6.07, 6.45) is 5.34. The largest absolute Gasteiger partial charge is 0.309 e. The number of hydrogen-bond donors (Lipinski definition) is 0. The van der Waals surface area contributed by atoms with Gasteiger partial charge in [0.05, 0.1) is 5.69 Å². The monoisotopic (exact) mass is 432 g/mol. The molecule has 0 aliphatic rings. The van der Waals surface area contributed by atoms with Gasteiger partial charge in [-0.1, -0.05) is 84.9 Å². The van der Waals surface area contributed by atoms with Crippen molar-refractivity contribution in [2.45, 2.75) is 0 Å². The maximum absolute atomic E-state index is 14.7. The third kappa shape index (κ3) is 3.79. The molecule has 5 rings (SSSR count). The molecular formula is C28H21N2OP. The molecule has 0 aliphatic heterocycles. The highest BCUT2D eigenvalue weighted by Crippen LogP contribution is 2.43. The molecular weight excluding hydrogens is 411 g/mol. The number of rotatable bonds is 5. The van der Waals surface area contributed by atoms with Gasteiger partial charge < -0.3 is 4.57 Å². The van der Waals surface area contributed by atoms with Crippen LogP contribution in [0.2, 0.25) is 0 Å². The Morgan fingerprint density at radius 1 is 0.469 bits per heavy atom. The summed E-state index contributed by atoms with van der Waals surface area (Å²) in [6, 6.07) is 35.5. The Bertz CT molecular complexity index is 1270. The molecule has 2 aromatic heterocycles. The second-order valence-corrected chi connectivity index (χ2v) is 10.3. The van der Waals surface area contributed by atoms with Crippen molar-refractivity contribution in [1.29, 1.82) is 0 Å². The molecule has 0 bridgehead atoms. The summed E-state index contributed by atoms with van der Waals surface area (Å²) in [6.45, 7) is 0. The first-order valence-electron chi connectivity index (χ1n) is 10.4. The molecule has 1 unspecified atom stereocenters. The first-order valence-corrected chi connectivity index (χ1v) is 12.1. The highest BCUT2D eigenvalue weighted by molar-refractivity contribution is 7.85. The van der Waals surface area contributed by atoms with Gasteiger partial charge in [-0.15, -0.1) is 0 Å². The van der Waals surface area contributed by atoms with Crippen molar-refractivity contribution in [2.24, 2.45) is 0 Å². The Morgan fingerprint density at radius 3 is 1.59 bits per heavy atom. The zero-order valence-electron chi connectivity index (χ0n) is 17.4. The standard InChI is InChI=1S/C28H21N2OP/c31-32(25-6-2-1-3-7-25,26-13-9-22(10-14-26)23-17-20-29-21-18-23)27-15-11-24(12-16-27)28-8-4-5-19-30-28/h1-21H. The number of hydrogen-bond acceptors (Lipinski definition) is 3. The molecule has 1 atom stereocenters. The molecule has 0 saturated heterocycles. The van der Waals surface area contributed by atoms with Crippen LogP contribution in [0, 0.1) is 0 Å². The summed E-state index contributed by atoms with van der Waals surface area (Å²) < 4.78 is 14.7. The molecule has 0 aliphatic carbocycles. The third-order valence-electron chi connectivity index (χ3n) is 5.56. The van der Waals surface area contributed by atoms with E-state index in [4.69, 9.17) is 0 Å². The van der Waals surface area contributed by atoms with Crippen LogP contribution in [-0.2, 0) is 4.57 Å². The van der Waals surface area contributed by atoms with E-state index < -0.39 is 7.14 Å². The van der Waals surface area contributed by atoms with Crippen LogP contribution in [0.3, 0.4) is 0 Å². The topological polar surface area (TPSA) is 42.9 Å². The van der Waals surface area contributed by atoms with Crippen molar-refractivity contribution in [3.05, 3.63) is 128 Å². The molecule has 0 fully saturated rings. The first kappa shape index (κ1) is 20.1. The van der Waals surface area contributed by atoms with Gasteiger partial charge in [0, 0.05) is 40.1 Å². The Labute approximate surface area is 187 Å². The van der Waals surface area contributed by atoms with Crippen molar-refractivity contribution < 1.29 is 4.57 Å². The summed E-state index contributed by atoms with van der Waals surface area (Å²) in [5, 5.41) is 2.44. The van der Waals surface area contributed by atoms with Gasteiger partial charge >= 0.3 is 0 Å². The summed E-state index contributed by atoms with van der Waals surface area (Å²) in [4.78, 5) is 8.51. The van der Waals surface area contributed by atoms with Gasteiger partial charge in [-0.3, -0.25) is 9.97 Å². The highest BCUT2D eigenvalue weighted by atomic mass is 31.2. The van der Waals surface area contributed by atoms with Gasteiger partial charge in [0.25, 0.3) is 0 Å². The van der Waals surface area contributed by atoms with Gasteiger partial charge in [-0.05, 0) is 35.4 Å². The van der Waals surface area contributed by atoms with Crippen molar-refractivity contribution in [2.75, 3.05) is 0 Å². The summed E-state index contributed by atoms with van der Waals surface area (Å²) >= 11 is 0. The molecule has 32 heavy (non-hydrogen) atoms. The molecule has 3 nitrogen and oxygen atoms in total. The zero-order valence-corrected chi connectivity index (χ0v) is 18.3. The van der Waals surface area contributed by atoms with Crippen molar-refractivity contribution in [3.8, 4) is 22.4 Å². The minimum absolute atomic E-state index is 0.806. The van der Waals surface area contributed by atoms with Gasteiger partial charge in [-0.25, -0.2) is 0 Å². The van der Waals surface area contributed by atoms with Crippen LogP contribution in [0.15, 0.2) is 128 Å². The Kier molecular flexibility index (Phi) is 5.49. The molecule has 3 aromatic carbocycles. The van der Waals surface area contributed by atoms with E-state index in [1.807, 2.05) is 109 Å². The van der Waals surface area contributed by atoms with E-state index in [9.17, 15) is 4.57 Å². The number of pyridine rings is 2. The first-order chi connectivity index (χ1) is 15.7. The van der Waals surface area contributed by atoms with E-state index in [0.717, 1.165) is 38.3 Å². The van der Waals surface area contributed by atoms with Crippen molar-refractivity contribution in [3.63, 3.8) is 0 Å². The molecule has 154 valence electrons.